The monoisotopic (exact) mass is 268 g/mol. The summed E-state index contributed by atoms with van der Waals surface area (Å²) in [6, 6.07) is 4.18. The first-order valence-corrected chi connectivity index (χ1v) is 5.44. The van der Waals surface area contributed by atoms with Crippen LogP contribution in [0.3, 0.4) is 0 Å². The lowest BCUT2D eigenvalue weighted by atomic mass is 10.3. The molecule has 0 amide bonds. The molecule has 0 radical (unpaired) electrons. The molecule has 0 spiro atoms. The number of nitrogens with zero attached hydrogens (tertiary/aromatic N) is 4. The van der Waals surface area contributed by atoms with Crippen molar-refractivity contribution in [2.45, 2.75) is 6.54 Å². The van der Waals surface area contributed by atoms with Gasteiger partial charge in [-0.05, 0) is 6.07 Å². The molecular weight excluding hydrogens is 260 g/mol. The Morgan fingerprint density at radius 3 is 3.00 bits per heavy atom. The smallest absolute Gasteiger partial charge is 0.311 e. The highest BCUT2D eigenvalue weighted by Crippen LogP contribution is 2.29. The van der Waals surface area contributed by atoms with Crippen LogP contribution in [0.15, 0.2) is 30.9 Å². The maximum Gasteiger partial charge on any atom is 0.311 e. The van der Waals surface area contributed by atoms with Crippen LogP contribution in [0, 0.1) is 10.1 Å². The van der Waals surface area contributed by atoms with Crippen LogP contribution in [0.2, 0.25) is 5.02 Å². The Morgan fingerprint density at radius 1 is 1.50 bits per heavy atom. The van der Waals surface area contributed by atoms with E-state index < -0.39 is 4.92 Å². The topological polar surface area (TPSA) is 83.1 Å². The molecule has 0 saturated carbocycles. The van der Waals surface area contributed by atoms with E-state index in [1.807, 2.05) is 0 Å². The second-order valence-corrected chi connectivity index (χ2v) is 3.81. The summed E-state index contributed by atoms with van der Waals surface area (Å²) in [7, 11) is 0. The van der Waals surface area contributed by atoms with E-state index in [4.69, 9.17) is 16.3 Å². The number of rotatable bonds is 5. The van der Waals surface area contributed by atoms with Crippen molar-refractivity contribution in [3.63, 3.8) is 0 Å². The normalized spacial score (nSPS) is 10.3. The number of nitro benzene ring substituents is 1. The summed E-state index contributed by atoms with van der Waals surface area (Å²) in [6.45, 7) is 0.689. The zero-order valence-corrected chi connectivity index (χ0v) is 9.95. The van der Waals surface area contributed by atoms with Crippen molar-refractivity contribution in [2.75, 3.05) is 6.61 Å². The van der Waals surface area contributed by atoms with Crippen LogP contribution >= 0.6 is 11.6 Å². The van der Waals surface area contributed by atoms with Gasteiger partial charge in [-0.3, -0.25) is 10.1 Å². The third kappa shape index (κ3) is 2.95. The number of hydrogen-bond acceptors (Lipinski definition) is 5. The maximum absolute atomic E-state index is 10.8. The average molecular weight is 269 g/mol. The Kier molecular flexibility index (Phi) is 3.73. The lowest BCUT2D eigenvalue weighted by Gasteiger charge is -2.06. The largest absolute Gasteiger partial charge is 0.485 e. The Hall–Kier alpha value is -2.15. The van der Waals surface area contributed by atoms with Crippen molar-refractivity contribution in [2.24, 2.45) is 0 Å². The molecule has 1 heterocycles. The van der Waals surface area contributed by atoms with Gasteiger partial charge in [0.25, 0.3) is 0 Å². The summed E-state index contributed by atoms with van der Waals surface area (Å²) < 4.78 is 6.90. The SMILES string of the molecule is O=[N+]([O-])c1ccc(Cl)cc1OCCn1cncn1. The van der Waals surface area contributed by atoms with E-state index in [9.17, 15) is 10.1 Å². The number of benzene rings is 1. The molecule has 0 fully saturated rings. The summed E-state index contributed by atoms with van der Waals surface area (Å²) in [5.41, 5.74) is -0.113. The van der Waals surface area contributed by atoms with Gasteiger partial charge < -0.3 is 4.74 Å². The van der Waals surface area contributed by atoms with Crippen LogP contribution in [0.4, 0.5) is 5.69 Å². The number of ether oxygens (including phenoxy) is 1. The van der Waals surface area contributed by atoms with Gasteiger partial charge in [0.05, 0.1) is 11.5 Å². The molecule has 0 bridgehead atoms. The van der Waals surface area contributed by atoms with Gasteiger partial charge in [0.2, 0.25) is 0 Å². The quantitative estimate of drug-likeness (QED) is 0.611. The molecule has 0 aliphatic carbocycles. The zero-order chi connectivity index (χ0) is 13.0. The Balaban J connectivity index is 2.03. The van der Waals surface area contributed by atoms with Gasteiger partial charge in [-0.15, -0.1) is 0 Å². The number of aromatic nitrogens is 3. The lowest BCUT2D eigenvalue weighted by Crippen LogP contribution is -2.09. The molecule has 1 aromatic carbocycles. The molecule has 0 saturated heterocycles. The second kappa shape index (κ2) is 5.46. The molecule has 7 nitrogen and oxygen atoms in total. The highest BCUT2D eigenvalue weighted by molar-refractivity contribution is 6.30. The first kappa shape index (κ1) is 12.3. The van der Waals surface area contributed by atoms with Gasteiger partial charge in [0.1, 0.15) is 19.3 Å². The summed E-state index contributed by atoms with van der Waals surface area (Å²) in [4.78, 5) is 14.0. The Morgan fingerprint density at radius 2 is 2.33 bits per heavy atom. The fraction of sp³-hybridized carbons (Fsp3) is 0.200. The maximum atomic E-state index is 10.8. The molecule has 2 aromatic rings. The molecule has 18 heavy (non-hydrogen) atoms. The van der Waals surface area contributed by atoms with E-state index in [0.29, 0.717) is 11.6 Å². The van der Waals surface area contributed by atoms with Gasteiger partial charge in [-0.2, -0.15) is 5.10 Å². The number of halogens is 1. The molecule has 0 atom stereocenters. The van der Waals surface area contributed by atoms with Crippen LogP contribution in [0.1, 0.15) is 0 Å². The fourth-order valence-electron chi connectivity index (χ4n) is 1.35. The molecule has 0 N–H and O–H groups in total. The number of nitro groups is 1. The predicted molar refractivity (Wildman–Crippen MR) is 63.6 cm³/mol. The highest BCUT2D eigenvalue weighted by Gasteiger charge is 2.15. The molecule has 0 aliphatic heterocycles. The van der Waals surface area contributed by atoms with E-state index in [1.165, 1.54) is 30.9 Å². The molecule has 2 rings (SSSR count). The van der Waals surface area contributed by atoms with Gasteiger partial charge in [-0.1, -0.05) is 11.6 Å². The highest BCUT2D eigenvalue weighted by atomic mass is 35.5. The average Bonchev–Trinajstić information content (AvgIpc) is 2.82. The van der Waals surface area contributed by atoms with Crippen molar-refractivity contribution >= 4 is 17.3 Å². The third-order valence-corrected chi connectivity index (χ3v) is 2.40. The molecule has 94 valence electrons. The van der Waals surface area contributed by atoms with Crippen LogP contribution < -0.4 is 4.74 Å². The summed E-state index contributed by atoms with van der Waals surface area (Å²) in [5, 5.41) is 15.1. The minimum Gasteiger partial charge on any atom is -0.485 e. The van der Waals surface area contributed by atoms with Crippen molar-refractivity contribution in [1.82, 2.24) is 14.8 Å². The number of hydrogen-bond donors (Lipinski definition) is 0. The van der Waals surface area contributed by atoms with Gasteiger partial charge in [0.15, 0.2) is 5.75 Å². The van der Waals surface area contributed by atoms with E-state index in [2.05, 4.69) is 10.1 Å². The lowest BCUT2D eigenvalue weighted by molar-refractivity contribution is -0.385. The minimum atomic E-state index is -0.513. The fourth-order valence-corrected chi connectivity index (χ4v) is 1.51. The Labute approximate surface area is 107 Å². The second-order valence-electron chi connectivity index (χ2n) is 3.38. The van der Waals surface area contributed by atoms with E-state index >= 15 is 0 Å². The van der Waals surface area contributed by atoms with E-state index in [0.717, 1.165) is 0 Å². The summed E-state index contributed by atoms with van der Waals surface area (Å²) >= 11 is 5.77. The molecule has 1 aromatic heterocycles. The zero-order valence-electron chi connectivity index (χ0n) is 9.19. The van der Waals surface area contributed by atoms with Crippen LogP contribution in [-0.4, -0.2) is 26.3 Å². The minimum absolute atomic E-state index is 0.113. The van der Waals surface area contributed by atoms with E-state index in [-0.39, 0.29) is 18.0 Å². The summed E-state index contributed by atoms with van der Waals surface area (Å²) in [6.07, 6.45) is 2.94. The van der Waals surface area contributed by atoms with Crippen molar-refractivity contribution in [1.29, 1.82) is 0 Å². The molecule has 0 aliphatic rings. The van der Waals surface area contributed by atoms with Crippen LogP contribution in [0.5, 0.6) is 5.75 Å². The van der Waals surface area contributed by atoms with Gasteiger partial charge in [-0.25, -0.2) is 9.67 Å². The molecular formula is C10H9ClN4O3. The standard InChI is InChI=1S/C10H9ClN4O3/c11-8-1-2-9(15(16)17)10(5-8)18-4-3-14-7-12-6-13-14/h1-2,5-7H,3-4H2. The molecule has 0 unspecified atom stereocenters. The summed E-state index contributed by atoms with van der Waals surface area (Å²) in [5.74, 6) is 0.146. The van der Waals surface area contributed by atoms with Gasteiger partial charge in [0, 0.05) is 17.2 Å². The predicted octanol–water partition coefficient (Wildman–Crippen LogP) is 1.92. The van der Waals surface area contributed by atoms with Crippen molar-refractivity contribution in [3.05, 3.63) is 46.0 Å². The molecule has 8 heteroatoms. The first-order valence-electron chi connectivity index (χ1n) is 5.06. The van der Waals surface area contributed by atoms with Crippen molar-refractivity contribution in [3.8, 4) is 5.75 Å². The van der Waals surface area contributed by atoms with Crippen LogP contribution in [0.25, 0.3) is 0 Å². The first-order chi connectivity index (χ1) is 8.66. The van der Waals surface area contributed by atoms with Crippen molar-refractivity contribution < 1.29 is 9.66 Å². The third-order valence-electron chi connectivity index (χ3n) is 2.16. The van der Waals surface area contributed by atoms with E-state index in [1.54, 1.807) is 4.68 Å². The van der Waals surface area contributed by atoms with Crippen LogP contribution in [-0.2, 0) is 6.54 Å². The van der Waals surface area contributed by atoms with Gasteiger partial charge >= 0.3 is 5.69 Å². The Bertz CT molecular complexity index is 544.